The van der Waals surface area contributed by atoms with Crippen LogP contribution in [-0.2, 0) is 6.54 Å². The molecule has 17 heteroatoms. The number of piperazine rings is 1. The summed E-state index contributed by atoms with van der Waals surface area (Å²) in [5, 5.41) is 7.23. The molecule has 3 N–H and O–H groups in total. The Morgan fingerprint density at radius 2 is 1.91 bits per heavy atom. The largest absolute Gasteiger partial charge is 0.483 e. The lowest BCUT2D eigenvalue weighted by Crippen LogP contribution is -2.47. The third-order valence-electron chi connectivity index (χ3n) is 7.58. The fourth-order valence-electron chi connectivity index (χ4n) is 5.34. The van der Waals surface area contributed by atoms with Crippen LogP contribution in [0.4, 0.5) is 24.8 Å². The fraction of sp³-hybridized carbons (Fsp3) is 0.385. The standard InChI is InChI=1S/C26H26F3N9O3S.ClH/c27-14-10-15(28)19(41-20-13-31-12-16(20)29)11-17(14)36-6-3-35(4-7-36)5-8-37-23-21(42-26(37)39)24-32-22(18-2-1-9-40-18)34-38(24)25(30)33-23;/h1-2,9-11,16,20,31H,3-8,12-13H2,(H2,30,33);1H/t16-,20+;/m1./s1. The summed E-state index contributed by atoms with van der Waals surface area (Å²) in [6, 6.07) is 5.55. The molecule has 0 spiro atoms. The zero-order valence-electron chi connectivity index (χ0n) is 22.6. The quantitative estimate of drug-likeness (QED) is 0.274. The maximum Gasteiger partial charge on any atom is 0.309 e. The van der Waals surface area contributed by atoms with E-state index in [1.165, 1.54) is 16.8 Å². The lowest BCUT2D eigenvalue weighted by molar-refractivity contribution is 0.134. The molecule has 228 valence electrons. The molecule has 7 rings (SSSR count). The Kier molecular flexibility index (Phi) is 7.93. The number of nitrogen functional groups attached to an aromatic ring is 1. The van der Waals surface area contributed by atoms with Crippen molar-refractivity contribution in [2.45, 2.75) is 18.8 Å². The van der Waals surface area contributed by atoms with Crippen LogP contribution in [-0.4, -0.2) is 87.1 Å². The van der Waals surface area contributed by atoms with Crippen molar-refractivity contribution < 1.29 is 22.3 Å². The minimum absolute atomic E-state index is 0. The molecule has 0 aliphatic carbocycles. The number of fused-ring (bicyclic) bond motifs is 3. The number of halogens is 4. The highest BCUT2D eigenvalue weighted by Crippen LogP contribution is 2.31. The van der Waals surface area contributed by atoms with E-state index in [4.69, 9.17) is 14.9 Å². The molecule has 0 saturated carbocycles. The fourth-order valence-corrected chi connectivity index (χ4v) is 6.28. The second kappa shape index (κ2) is 11.7. The Morgan fingerprint density at radius 1 is 1.09 bits per heavy atom. The molecule has 0 bridgehead atoms. The zero-order chi connectivity index (χ0) is 29.0. The van der Waals surface area contributed by atoms with E-state index in [2.05, 4.69) is 25.3 Å². The molecular weight excluding hydrogens is 611 g/mol. The molecule has 43 heavy (non-hydrogen) atoms. The lowest BCUT2D eigenvalue weighted by atomic mass is 10.2. The first-order chi connectivity index (χ1) is 20.4. The first-order valence-electron chi connectivity index (χ1n) is 13.4. The highest BCUT2D eigenvalue weighted by molar-refractivity contribution is 7.17. The molecule has 0 radical (unpaired) electrons. The van der Waals surface area contributed by atoms with Crippen molar-refractivity contribution in [2.75, 3.05) is 56.4 Å². The Balaban J connectivity index is 0.00000329. The molecule has 0 amide bonds. The molecule has 6 heterocycles. The third-order valence-corrected chi connectivity index (χ3v) is 8.54. The van der Waals surface area contributed by atoms with Crippen molar-refractivity contribution in [1.82, 2.24) is 34.4 Å². The van der Waals surface area contributed by atoms with E-state index in [-0.39, 0.29) is 47.8 Å². The molecule has 5 aromatic rings. The van der Waals surface area contributed by atoms with Crippen molar-refractivity contribution in [2.24, 2.45) is 0 Å². The second-order valence-electron chi connectivity index (χ2n) is 10.2. The molecule has 4 aromatic heterocycles. The third kappa shape index (κ3) is 5.39. The van der Waals surface area contributed by atoms with Gasteiger partial charge in [-0.2, -0.15) is 9.50 Å². The summed E-state index contributed by atoms with van der Waals surface area (Å²) in [7, 11) is 0. The number of aromatic nitrogens is 5. The summed E-state index contributed by atoms with van der Waals surface area (Å²) in [4.78, 5) is 25.7. The van der Waals surface area contributed by atoms with Gasteiger partial charge in [0.05, 0.1) is 12.0 Å². The summed E-state index contributed by atoms with van der Waals surface area (Å²) >= 11 is 1.02. The number of furan rings is 1. The van der Waals surface area contributed by atoms with Gasteiger partial charge in [-0.15, -0.1) is 17.5 Å². The average molecular weight is 638 g/mol. The van der Waals surface area contributed by atoms with Crippen LogP contribution in [0, 0.1) is 11.6 Å². The molecule has 2 atom stereocenters. The Morgan fingerprint density at radius 3 is 2.63 bits per heavy atom. The van der Waals surface area contributed by atoms with Crippen molar-refractivity contribution in [3.05, 3.63) is 51.8 Å². The summed E-state index contributed by atoms with van der Waals surface area (Å²) in [5.41, 5.74) is 7.23. The van der Waals surface area contributed by atoms with Crippen molar-refractivity contribution in [3.63, 3.8) is 0 Å². The zero-order valence-corrected chi connectivity index (χ0v) is 24.2. The number of hydrogen-bond donors (Lipinski definition) is 2. The number of nitrogens with one attached hydrogen (secondary N) is 1. The number of ether oxygens (including phenoxy) is 1. The molecule has 0 unspecified atom stereocenters. The van der Waals surface area contributed by atoms with Gasteiger partial charge in [0.1, 0.15) is 16.6 Å². The van der Waals surface area contributed by atoms with Crippen LogP contribution in [0.15, 0.2) is 39.7 Å². The predicted octanol–water partition coefficient (Wildman–Crippen LogP) is 2.55. The van der Waals surface area contributed by atoms with Crippen molar-refractivity contribution in [1.29, 1.82) is 0 Å². The van der Waals surface area contributed by atoms with Gasteiger partial charge < -0.3 is 25.1 Å². The van der Waals surface area contributed by atoms with Gasteiger partial charge >= 0.3 is 4.87 Å². The summed E-state index contributed by atoms with van der Waals surface area (Å²) in [6.45, 7) is 3.41. The molecule has 2 fully saturated rings. The van der Waals surface area contributed by atoms with Gasteiger partial charge in [-0.05, 0) is 12.1 Å². The van der Waals surface area contributed by atoms with E-state index in [9.17, 15) is 18.0 Å². The van der Waals surface area contributed by atoms with Gasteiger partial charge in [-0.25, -0.2) is 18.2 Å². The maximum atomic E-state index is 14.7. The van der Waals surface area contributed by atoms with E-state index < -0.39 is 23.9 Å². The monoisotopic (exact) mass is 637 g/mol. The van der Waals surface area contributed by atoms with Gasteiger partial charge in [0.15, 0.2) is 34.8 Å². The number of benzene rings is 1. The minimum Gasteiger partial charge on any atom is -0.483 e. The van der Waals surface area contributed by atoms with Crippen molar-refractivity contribution >= 4 is 51.4 Å². The smallest absolute Gasteiger partial charge is 0.309 e. The van der Waals surface area contributed by atoms with Gasteiger partial charge in [-0.1, -0.05) is 11.3 Å². The number of alkyl halides is 1. The molecule has 2 aliphatic heterocycles. The first-order valence-corrected chi connectivity index (χ1v) is 14.2. The topological polar surface area (TPSA) is 132 Å². The molecule has 12 nitrogen and oxygen atoms in total. The van der Waals surface area contributed by atoms with Crippen LogP contribution >= 0.6 is 23.7 Å². The highest BCUT2D eigenvalue weighted by Gasteiger charge is 2.30. The van der Waals surface area contributed by atoms with Gasteiger partial charge in [-0.3, -0.25) is 14.3 Å². The second-order valence-corrected chi connectivity index (χ2v) is 11.1. The number of rotatable bonds is 7. The van der Waals surface area contributed by atoms with Gasteiger partial charge in [0.2, 0.25) is 11.8 Å². The van der Waals surface area contributed by atoms with E-state index in [0.29, 0.717) is 66.8 Å². The average Bonchev–Trinajstić information content (AvgIpc) is 3.77. The van der Waals surface area contributed by atoms with E-state index in [1.807, 2.05) is 4.90 Å². The van der Waals surface area contributed by atoms with Gasteiger partial charge in [0.25, 0.3) is 0 Å². The van der Waals surface area contributed by atoms with E-state index in [0.717, 1.165) is 17.4 Å². The number of nitrogens with zero attached hydrogens (tertiary/aromatic N) is 7. The molecule has 2 saturated heterocycles. The molecule has 1 aromatic carbocycles. The molecule has 2 aliphatic rings. The number of thiazole rings is 1. The van der Waals surface area contributed by atoms with Crippen LogP contribution in [0.1, 0.15) is 0 Å². The van der Waals surface area contributed by atoms with Crippen LogP contribution in [0.3, 0.4) is 0 Å². The van der Waals surface area contributed by atoms with Crippen LogP contribution in [0.5, 0.6) is 5.75 Å². The minimum atomic E-state index is -1.26. The van der Waals surface area contributed by atoms with E-state index >= 15 is 0 Å². The predicted molar refractivity (Wildman–Crippen MR) is 157 cm³/mol. The van der Waals surface area contributed by atoms with Gasteiger partial charge in [0, 0.05) is 64.5 Å². The number of nitrogens with two attached hydrogens (primary N) is 1. The maximum absolute atomic E-state index is 14.7. The summed E-state index contributed by atoms with van der Waals surface area (Å²) < 4.78 is 57.6. The first kappa shape index (κ1) is 29.2. The van der Waals surface area contributed by atoms with Crippen LogP contribution in [0.2, 0.25) is 0 Å². The lowest BCUT2D eigenvalue weighted by Gasteiger charge is -2.36. The number of anilines is 2. The van der Waals surface area contributed by atoms with Crippen LogP contribution < -0.4 is 25.6 Å². The Hall–Kier alpha value is -3.86. The van der Waals surface area contributed by atoms with E-state index in [1.54, 1.807) is 16.7 Å². The molecular formula is C26H27ClF3N9O3S. The Bertz CT molecular complexity index is 1820. The Labute approximate surface area is 252 Å². The SMILES string of the molecule is Cl.Nc1nc2c(sc(=O)n2CCN2CCN(c3cc(O[C@H]4CNC[C@H]4F)c(F)cc3F)CC2)c2nc(-c3ccco3)nn12. The summed E-state index contributed by atoms with van der Waals surface area (Å²) in [5.74, 6) is -0.829. The van der Waals surface area contributed by atoms with Crippen LogP contribution in [0.25, 0.3) is 27.6 Å². The normalized spacial score (nSPS) is 19.4. The number of hydrogen-bond acceptors (Lipinski definition) is 11. The summed E-state index contributed by atoms with van der Waals surface area (Å²) in [6.07, 6.45) is -0.566. The highest BCUT2D eigenvalue weighted by atomic mass is 35.5. The van der Waals surface area contributed by atoms with Crippen molar-refractivity contribution in [3.8, 4) is 17.3 Å².